The molecule has 1 aliphatic rings. The van der Waals surface area contributed by atoms with E-state index in [1.807, 2.05) is 12.1 Å². The van der Waals surface area contributed by atoms with Gasteiger partial charge in [-0.15, -0.1) is 11.6 Å². The Balaban J connectivity index is 2.11. The van der Waals surface area contributed by atoms with Crippen molar-refractivity contribution in [2.24, 2.45) is 0 Å². The number of rotatable bonds is 6. The van der Waals surface area contributed by atoms with Crippen molar-refractivity contribution in [1.29, 1.82) is 0 Å². The van der Waals surface area contributed by atoms with Crippen LogP contribution in [0, 0.1) is 5.82 Å². The van der Waals surface area contributed by atoms with E-state index in [4.69, 9.17) is 16.3 Å². The van der Waals surface area contributed by atoms with E-state index in [1.54, 1.807) is 6.07 Å². The molecule has 0 amide bonds. The van der Waals surface area contributed by atoms with Gasteiger partial charge < -0.3 is 4.74 Å². The van der Waals surface area contributed by atoms with Gasteiger partial charge in [-0.05, 0) is 18.9 Å². The summed E-state index contributed by atoms with van der Waals surface area (Å²) in [5.74, 6) is 0.652. The number of methoxy groups -OCH3 is 1. The first kappa shape index (κ1) is 14.6. The van der Waals surface area contributed by atoms with E-state index in [0.29, 0.717) is 29.8 Å². The van der Waals surface area contributed by atoms with Gasteiger partial charge in [0.15, 0.2) is 11.6 Å². The highest BCUT2D eigenvalue weighted by Crippen LogP contribution is 2.27. The first-order valence-corrected chi connectivity index (χ1v) is 7.41. The fourth-order valence-corrected chi connectivity index (χ4v) is 3.04. The van der Waals surface area contributed by atoms with Gasteiger partial charge in [-0.25, -0.2) is 4.39 Å². The Morgan fingerprint density at radius 3 is 2.74 bits per heavy atom. The maximum atomic E-state index is 14.2. The summed E-state index contributed by atoms with van der Waals surface area (Å²) in [5.41, 5.74) is 0.691. The van der Waals surface area contributed by atoms with Gasteiger partial charge >= 0.3 is 0 Å². The molecular weight excluding hydrogens is 265 g/mol. The summed E-state index contributed by atoms with van der Waals surface area (Å²) in [4.78, 5) is 2.30. The molecule has 0 heterocycles. The molecule has 2 nitrogen and oxygen atoms in total. The topological polar surface area (TPSA) is 12.5 Å². The SMILES string of the molecule is COc1cccc(CN(CCCl)C2CCCC2)c1F. The van der Waals surface area contributed by atoms with Gasteiger partial charge in [0.1, 0.15) is 0 Å². The Kier molecular flexibility index (Phi) is 5.46. The van der Waals surface area contributed by atoms with E-state index in [9.17, 15) is 4.39 Å². The maximum absolute atomic E-state index is 14.2. The predicted octanol–water partition coefficient (Wildman–Crippen LogP) is 3.82. The van der Waals surface area contributed by atoms with Gasteiger partial charge in [-0.1, -0.05) is 25.0 Å². The first-order valence-electron chi connectivity index (χ1n) is 6.87. The molecule has 0 saturated heterocycles. The maximum Gasteiger partial charge on any atom is 0.169 e. The molecular formula is C15H21ClFNO. The molecule has 106 valence electrons. The fraction of sp³-hybridized carbons (Fsp3) is 0.600. The average Bonchev–Trinajstić information content (AvgIpc) is 2.94. The van der Waals surface area contributed by atoms with Gasteiger partial charge in [-0.2, -0.15) is 0 Å². The minimum absolute atomic E-state index is 0.248. The quantitative estimate of drug-likeness (QED) is 0.737. The average molecular weight is 286 g/mol. The van der Waals surface area contributed by atoms with E-state index < -0.39 is 0 Å². The van der Waals surface area contributed by atoms with Crippen molar-refractivity contribution in [1.82, 2.24) is 4.90 Å². The lowest BCUT2D eigenvalue weighted by Gasteiger charge is -2.28. The van der Waals surface area contributed by atoms with Crippen molar-refractivity contribution >= 4 is 11.6 Å². The van der Waals surface area contributed by atoms with Crippen LogP contribution in [0.4, 0.5) is 4.39 Å². The molecule has 4 heteroatoms. The highest BCUT2D eigenvalue weighted by Gasteiger charge is 2.23. The van der Waals surface area contributed by atoms with Gasteiger partial charge in [-0.3, -0.25) is 4.90 Å². The van der Waals surface area contributed by atoms with Crippen LogP contribution in [0.15, 0.2) is 18.2 Å². The Bertz CT molecular complexity index is 407. The summed E-state index contributed by atoms with van der Waals surface area (Å²) >= 11 is 5.88. The van der Waals surface area contributed by atoms with Crippen LogP contribution in [0.2, 0.25) is 0 Å². The summed E-state index contributed by atoms with van der Waals surface area (Å²) in [7, 11) is 1.50. The van der Waals surface area contributed by atoms with Crippen LogP contribution in [0.1, 0.15) is 31.2 Å². The largest absolute Gasteiger partial charge is 0.494 e. The van der Waals surface area contributed by atoms with Gasteiger partial charge in [0.05, 0.1) is 7.11 Å². The molecule has 2 rings (SSSR count). The monoisotopic (exact) mass is 285 g/mol. The summed E-state index contributed by atoms with van der Waals surface area (Å²) in [6.45, 7) is 1.42. The van der Waals surface area contributed by atoms with E-state index in [1.165, 1.54) is 32.8 Å². The van der Waals surface area contributed by atoms with Gasteiger partial charge in [0.2, 0.25) is 0 Å². The van der Waals surface area contributed by atoms with Crippen molar-refractivity contribution in [3.63, 3.8) is 0 Å². The second-order valence-corrected chi connectivity index (χ2v) is 5.41. The van der Waals surface area contributed by atoms with E-state index in [0.717, 1.165) is 6.54 Å². The molecule has 19 heavy (non-hydrogen) atoms. The molecule has 0 spiro atoms. The lowest BCUT2D eigenvalue weighted by molar-refractivity contribution is 0.198. The third-order valence-electron chi connectivity index (χ3n) is 3.85. The minimum atomic E-state index is -0.248. The number of halogens is 2. The number of ether oxygens (including phenoxy) is 1. The third-order valence-corrected chi connectivity index (χ3v) is 4.02. The van der Waals surface area contributed by atoms with E-state index >= 15 is 0 Å². The van der Waals surface area contributed by atoms with Crippen molar-refractivity contribution in [3.8, 4) is 5.75 Å². The predicted molar refractivity (Wildman–Crippen MR) is 76.3 cm³/mol. The molecule has 0 aliphatic heterocycles. The smallest absolute Gasteiger partial charge is 0.169 e. The lowest BCUT2D eigenvalue weighted by Crippen LogP contribution is -2.34. The van der Waals surface area contributed by atoms with Crippen LogP contribution in [-0.2, 0) is 6.54 Å². The highest BCUT2D eigenvalue weighted by molar-refractivity contribution is 6.18. The third kappa shape index (κ3) is 3.61. The molecule has 0 unspecified atom stereocenters. The second-order valence-electron chi connectivity index (χ2n) is 5.03. The zero-order valence-electron chi connectivity index (χ0n) is 11.4. The van der Waals surface area contributed by atoms with Crippen molar-refractivity contribution in [2.75, 3.05) is 19.5 Å². The van der Waals surface area contributed by atoms with Crippen molar-refractivity contribution in [2.45, 2.75) is 38.3 Å². The molecule has 0 bridgehead atoms. The Morgan fingerprint density at radius 1 is 1.37 bits per heavy atom. The van der Waals surface area contributed by atoms with Gasteiger partial charge in [0.25, 0.3) is 0 Å². The Labute approximate surface area is 119 Å². The summed E-state index contributed by atoms with van der Waals surface area (Å²) in [5, 5.41) is 0. The molecule has 0 N–H and O–H groups in total. The Hall–Kier alpha value is -0.800. The molecule has 1 fully saturated rings. The molecule has 0 atom stereocenters. The number of benzene rings is 1. The van der Waals surface area contributed by atoms with E-state index in [-0.39, 0.29) is 5.82 Å². The first-order chi connectivity index (χ1) is 9.26. The number of hydrogen-bond acceptors (Lipinski definition) is 2. The van der Waals surface area contributed by atoms with Crippen molar-refractivity contribution in [3.05, 3.63) is 29.6 Å². The molecule has 1 aliphatic carbocycles. The molecule has 0 aromatic heterocycles. The number of nitrogens with zero attached hydrogens (tertiary/aromatic N) is 1. The normalized spacial score (nSPS) is 16.2. The van der Waals surface area contributed by atoms with Crippen LogP contribution in [0.25, 0.3) is 0 Å². The molecule has 0 radical (unpaired) electrons. The van der Waals surface area contributed by atoms with E-state index in [2.05, 4.69) is 4.90 Å². The lowest BCUT2D eigenvalue weighted by atomic mass is 10.1. The molecule has 1 aromatic rings. The fourth-order valence-electron chi connectivity index (χ4n) is 2.82. The Morgan fingerprint density at radius 2 is 2.11 bits per heavy atom. The standard InChI is InChI=1S/C15H21ClFNO/c1-19-14-8-4-5-12(15(14)17)11-18(10-9-16)13-6-2-3-7-13/h4-5,8,13H,2-3,6-7,9-11H2,1H3. The highest BCUT2D eigenvalue weighted by atomic mass is 35.5. The summed E-state index contributed by atoms with van der Waals surface area (Å²) in [6.07, 6.45) is 4.93. The minimum Gasteiger partial charge on any atom is -0.494 e. The number of alkyl halides is 1. The zero-order valence-corrected chi connectivity index (χ0v) is 12.1. The van der Waals surface area contributed by atoms with Crippen LogP contribution < -0.4 is 4.74 Å². The number of hydrogen-bond donors (Lipinski definition) is 0. The van der Waals surface area contributed by atoms with Crippen LogP contribution in [-0.4, -0.2) is 30.5 Å². The van der Waals surface area contributed by atoms with Crippen LogP contribution in [0.3, 0.4) is 0 Å². The molecule has 1 saturated carbocycles. The molecule has 1 aromatic carbocycles. The van der Waals surface area contributed by atoms with Crippen LogP contribution >= 0.6 is 11.6 Å². The summed E-state index contributed by atoms with van der Waals surface area (Å²) in [6, 6.07) is 5.86. The summed E-state index contributed by atoms with van der Waals surface area (Å²) < 4.78 is 19.2. The zero-order chi connectivity index (χ0) is 13.7. The second kappa shape index (κ2) is 7.11. The van der Waals surface area contributed by atoms with Crippen LogP contribution in [0.5, 0.6) is 5.75 Å². The van der Waals surface area contributed by atoms with Gasteiger partial charge in [0, 0.05) is 30.6 Å². The van der Waals surface area contributed by atoms with Crippen molar-refractivity contribution < 1.29 is 9.13 Å².